The lowest BCUT2D eigenvalue weighted by atomic mass is 9.90. The van der Waals surface area contributed by atoms with Crippen molar-refractivity contribution in [1.82, 2.24) is 4.90 Å². The first kappa shape index (κ1) is 16.7. The Hall–Kier alpha value is -1.68. The molecule has 0 saturated carbocycles. The SMILES string of the molecule is CC(=O)c1c(C)cc(C)c(CN2CCC(C)(C(=O)O)C2)c1C. The van der Waals surface area contributed by atoms with Gasteiger partial charge in [-0.25, -0.2) is 0 Å². The number of hydrogen-bond acceptors (Lipinski definition) is 3. The molecule has 0 bridgehead atoms. The Balaban J connectivity index is 2.30. The first-order valence-electron chi connectivity index (χ1n) is 7.72. The number of likely N-dealkylation sites (tertiary alicyclic amines) is 1. The molecule has 1 saturated heterocycles. The normalized spacial score (nSPS) is 22.0. The van der Waals surface area contributed by atoms with Gasteiger partial charge in [-0.3, -0.25) is 14.5 Å². The van der Waals surface area contributed by atoms with Gasteiger partial charge in [0, 0.05) is 18.7 Å². The molecule has 1 N–H and O–H groups in total. The van der Waals surface area contributed by atoms with E-state index in [1.807, 2.05) is 20.8 Å². The summed E-state index contributed by atoms with van der Waals surface area (Å²) in [5, 5.41) is 9.35. The van der Waals surface area contributed by atoms with Gasteiger partial charge < -0.3 is 5.11 Å². The van der Waals surface area contributed by atoms with Crippen LogP contribution in [-0.2, 0) is 11.3 Å². The van der Waals surface area contributed by atoms with E-state index in [-0.39, 0.29) is 5.78 Å². The molecule has 0 radical (unpaired) electrons. The third-order valence-corrected chi connectivity index (χ3v) is 4.93. The van der Waals surface area contributed by atoms with Gasteiger partial charge in [0.1, 0.15) is 0 Å². The molecular weight excluding hydrogens is 278 g/mol. The van der Waals surface area contributed by atoms with Crippen molar-refractivity contribution >= 4 is 11.8 Å². The third kappa shape index (κ3) is 2.93. The molecule has 0 spiro atoms. The zero-order chi connectivity index (χ0) is 16.7. The summed E-state index contributed by atoms with van der Waals surface area (Å²) in [7, 11) is 0. The van der Waals surface area contributed by atoms with Gasteiger partial charge in [-0.15, -0.1) is 0 Å². The van der Waals surface area contributed by atoms with Crippen molar-refractivity contribution in [3.63, 3.8) is 0 Å². The Morgan fingerprint density at radius 2 is 1.91 bits per heavy atom. The lowest BCUT2D eigenvalue weighted by Gasteiger charge is -2.23. The molecule has 1 aromatic rings. The maximum Gasteiger partial charge on any atom is 0.310 e. The predicted octanol–water partition coefficient (Wildman–Crippen LogP) is 3.11. The highest BCUT2D eigenvalue weighted by molar-refractivity contribution is 5.97. The standard InChI is InChI=1S/C18H25NO3/c1-11-8-12(2)16(14(4)20)13(3)15(11)9-19-7-6-18(5,10-19)17(21)22/h8H,6-7,9-10H2,1-5H3,(H,21,22). The third-order valence-electron chi connectivity index (χ3n) is 4.93. The van der Waals surface area contributed by atoms with Crippen LogP contribution in [0.3, 0.4) is 0 Å². The van der Waals surface area contributed by atoms with Crippen molar-refractivity contribution in [3.05, 3.63) is 33.9 Å². The second-order valence-corrected chi connectivity index (χ2v) is 6.87. The van der Waals surface area contributed by atoms with Gasteiger partial charge in [-0.05, 0) is 69.8 Å². The minimum atomic E-state index is -0.725. The fourth-order valence-corrected chi connectivity index (χ4v) is 3.60. The summed E-state index contributed by atoms with van der Waals surface area (Å²) < 4.78 is 0. The van der Waals surface area contributed by atoms with Crippen LogP contribution in [0.4, 0.5) is 0 Å². The number of nitrogens with zero attached hydrogens (tertiary/aromatic N) is 1. The molecule has 1 atom stereocenters. The fourth-order valence-electron chi connectivity index (χ4n) is 3.60. The monoisotopic (exact) mass is 303 g/mol. The van der Waals surface area contributed by atoms with E-state index in [1.165, 1.54) is 5.56 Å². The molecule has 0 amide bonds. The Morgan fingerprint density at radius 1 is 1.27 bits per heavy atom. The number of rotatable bonds is 4. The summed E-state index contributed by atoms with van der Waals surface area (Å²) in [5.41, 5.74) is 4.53. The highest BCUT2D eigenvalue weighted by atomic mass is 16.4. The maximum absolute atomic E-state index is 11.9. The van der Waals surface area contributed by atoms with Gasteiger partial charge in [0.05, 0.1) is 5.41 Å². The summed E-state index contributed by atoms with van der Waals surface area (Å²) >= 11 is 0. The average molecular weight is 303 g/mol. The molecule has 1 heterocycles. The Bertz CT molecular complexity index is 636. The van der Waals surface area contributed by atoms with E-state index in [4.69, 9.17) is 0 Å². The van der Waals surface area contributed by atoms with Gasteiger partial charge in [-0.2, -0.15) is 0 Å². The number of aliphatic carboxylic acids is 1. The molecule has 22 heavy (non-hydrogen) atoms. The summed E-state index contributed by atoms with van der Waals surface area (Å²) in [6.07, 6.45) is 0.672. The van der Waals surface area contributed by atoms with E-state index in [0.717, 1.165) is 28.8 Å². The molecule has 4 heteroatoms. The number of carboxylic acid groups (broad SMARTS) is 1. The van der Waals surface area contributed by atoms with Crippen LogP contribution in [0.15, 0.2) is 6.07 Å². The summed E-state index contributed by atoms with van der Waals surface area (Å²) in [5.74, 6) is -0.634. The first-order chi connectivity index (χ1) is 10.2. The number of carbonyl (C=O) groups excluding carboxylic acids is 1. The number of hydrogen-bond donors (Lipinski definition) is 1. The van der Waals surface area contributed by atoms with Crippen molar-refractivity contribution in [2.24, 2.45) is 5.41 Å². The number of aryl methyl sites for hydroxylation is 2. The smallest absolute Gasteiger partial charge is 0.310 e. The summed E-state index contributed by atoms with van der Waals surface area (Å²) in [6, 6.07) is 2.06. The van der Waals surface area contributed by atoms with E-state index < -0.39 is 11.4 Å². The van der Waals surface area contributed by atoms with Crippen LogP contribution >= 0.6 is 0 Å². The fraction of sp³-hybridized carbons (Fsp3) is 0.556. The molecule has 1 aromatic carbocycles. The van der Waals surface area contributed by atoms with Crippen molar-refractivity contribution in [3.8, 4) is 0 Å². The van der Waals surface area contributed by atoms with Crippen molar-refractivity contribution < 1.29 is 14.7 Å². The molecule has 120 valence electrons. The van der Waals surface area contributed by atoms with Gasteiger partial charge in [0.15, 0.2) is 5.78 Å². The molecule has 4 nitrogen and oxygen atoms in total. The lowest BCUT2D eigenvalue weighted by molar-refractivity contribution is -0.147. The number of carbonyl (C=O) groups is 2. The van der Waals surface area contributed by atoms with Crippen LogP contribution in [0, 0.1) is 26.2 Å². The van der Waals surface area contributed by atoms with E-state index >= 15 is 0 Å². The molecule has 1 aliphatic rings. The van der Waals surface area contributed by atoms with E-state index in [2.05, 4.69) is 17.9 Å². The molecule has 1 aliphatic heterocycles. The molecule has 0 aliphatic carbocycles. The van der Waals surface area contributed by atoms with Crippen molar-refractivity contribution in [1.29, 1.82) is 0 Å². The van der Waals surface area contributed by atoms with Crippen molar-refractivity contribution in [2.75, 3.05) is 13.1 Å². The molecular formula is C18H25NO3. The molecule has 1 fully saturated rings. The predicted molar refractivity (Wildman–Crippen MR) is 86.3 cm³/mol. The summed E-state index contributed by atoms with van der Waals surface area (Å²) in [6.45, 7) is 11.5. The van der Waals surface area contributed by atoms with Gasteiger partial charge in [0.25, 0.3) is 0 Å². The topological polar surface area (TPSA) is 57.6 Å². The number of benzene rings is 1. The minimum Gasteiger partial charge on any atom is -0.481 e. The van der Waals surface area contributed by atoms with Crippen LogP contribution in [0.2, 0.25) is 0 Å². The van der Waals surface area contributed by atoms with E-state index in [1.54, 1.807) is 6.92 Å². The highest BCUT2D eigenvalue weighted by Gasteiger charge is 2.40. The van der Waals surface area contributed by atoms with Gasteiger partial charge >= 0.3 is 5.97 Å². The zero-order valence-corrected chi connectivity index (χ0v) is 14.1. The average Bonchev–Trinajstić information content (AvgIpc) is 2.77. The van der Waals surface area contributed by atoms with Crippen LogP contribution in [-0.4, -0.2) is 34.8 Å². The van der Waals surface area contributed by atoms with Crippen LogP contribution in [0.25, 0.3) is 0 Å². The van der Waals surface area contributed by atoms with E-state index in [0.29, 0.717) is 19.5 Å². The Morgan fingerprint density at radius 3 is 2.41 bits per heavy atom. The highest BCUT2D eigenvalue weighted by Crippen LogP contribution is 2.32. The molecule has 2 rings (SSSR count). The minimum absolute atomic E-state index is 0.0908. The Kier molecular flexibility index (Phi) is 4.43. The van der Waals surface area contributed by atoms with Crippen LogP contribution in [0.1, 0.15) is 52.9 Å². The number of ketones is 1. The summed E-state index contributed by atoms with van der Waals surface area (Å²) in [4.78, 5) is 25.4. The van der Waals surface area contributed by atoms with Crippen LogP contribution < -0.4 is 0 Å². The first-order valence-corrected chi connectivity index (χ1v) is 7.72. The van der Waals surface area contributed by atoms with Crippen molar-refractivity contribution in [2.45, 2.75) is 47.6 Å². The second kappa shape index (κ2) is 5.84. The number of Topliss-reactive ketones (excluding diaryl/α,β-unsaturated/α-hetero) is 1. The quantitative estimate of drug-likeness (QED) is 0.868. The molecule has 0 aromatic heterocycles. The van der Waals surface area contributed by atoms with Gasteiger partial charge in [-0.1, -0.05) is 6.07 Å². The van der Waals surface area contributed by atoms with Gasteiger partial charge in [0.2, 0.25) is 0 Å². The lowest BCUT2D eigenvalue weighted by Crippen LogP contribution is -2.31. The number of carboxylic acids is 1. The second-order valence-electron chi connectivity index (χ2n) is 6.87. The van der Waals surface area contributed by atoms with Crippen LogP contribution in [0.5, 0.6) is 0 Å². The van der Waals surface area contributed by atoms with E-state index in [9.17, 15) is 14.7 Å². The Labute approximate surface area is 132 Å². The zero-order valence-electron chi connectivity index (χ0n) is 14.1. The maximum atomic E-state index is 11.9. The molecule has 1 unspecified atom stereocenters. The largest absolute Gasteiger partial charge is 0.481 e.